The number of aryl methyl sites for hydroxylation is 2. The molecule has 0 spiro atoms. The van der Waals surface area contributed by atoms with Crippen molar-refractivity contribution in [1.82, 2.24) is 0 Å². The van der Waals surface area contributed by atoms with Crippen LogP contribution in [0.2, 0.25) is 0 Å². The molecule has 0 aliphatic heterocycles. The summed E-state index contributed by atoms with van der Waals surface area (Å²) in [7, 11) is 1.34. The normalized spacial score (nSPS) is 11.3. The van der Waals surface area contributed by atoms with Crippen molar-refractivity contribution in [2.75, 3.05) is 7.11 Å². The van der Waals surface area contributed by atoms with Crippen LogP contribution < -0.4 is 0 Å². The smallest absolute Gasteiger partial charge is 0.416 e. The SMILES string of the molecule is COC(=O)c1ccc(CCCCc2cccc(C(F)(F)F)c2)cc1. The predicted molar refractivity (Wildman–Crippen MR) is 85.9 cm³/mol. The van der Waals surface area contributed by atoms with Crippen LogP contribution in [-0.4, -0.2) is 13.1 Å². The van der Waals surface area contributed by atoms with Gasteiger partial charge in [-0.15, -0.1) is 0 Å². The van der Waals surface area contributed by atoms with Crippen LogP contribution in [0.15, 0.2) is 48.5 Å². The van der Waals surface area contributed by atoms with Gasteiger partial charge in [0.15, 0.2) is 0 Å². The summed E-state index contributed by atoms with van der Waals surface area (Å²) in [4.78, 5) is 11.3. The number of unbranched alkanes of at least 4 members (excludes halogenated alkanes) is 1. The zero-order valence-corrected chi connectivity index (χ0v) is 13.4. The summed E-state index contributed by atoms with van der Waals surface area (Å²) in [5, 5.41) is 0. The van der Waals surface area contributed by atoms with E-state index in [4.69, 9.17) is 0 Å². The average molecular weight is 336 g/mol. The van der Waals surface area contributed by atoms with Gasteiger partial charge in [-0.3, -0.25) is 0 Å². The first-order chi connectivity index (χ1) is 11.4. The van der Waals surface area contributed by atoms with Gasteiger partial charge in [0, 0.05) is 0 Å². The Bertz CT molecular complexity index is 676. The Labute approximate surface area is 139 Å². The molecule has 0 amide bonds. The summed E-state index contributed by atoms with van der Waals surface area (Å²) in [6, 6.07) is 12.6. The number of alkyl halides is 3. The molecule has 0 saturated heterocycles. The van der Waals surface area contributed by atoms with Crippen molar-refractivity contribution in [3.8, 4) is 0 Å². The van der Waals surface area contributed by atoms with Crippen LogP contribution in [-0.2, 0) is 23.8 Å². The summed E-state index contributed by atoms with van der Waals surface area (Å²) in [5.74, 6) is -0.369. The molecule has 2 nitrogen and oxygen atoms in total. The summed E-state index contributed by atoms with van der Waals surface area (Å²) >= 11 is 0. The van der Waals surface area contributed by atoms with Gasteiger partial charge >= 0.3 is 12.1 Å². The molecule has 0 aliphatic carbocycles. The van der Waals surface area contributed by atoms with Crippen molar-refractivity contribution in [3.63, 3.8) is 0 Å². The highest BCUT2D eigenvalue weighted by atomic mass is 19.4. The Morgan fingerprint density at radius 3 is 2.17 bits per heavy atom. The number of hydrogen-bond acceptors (Lipinski definition) is 2. The van der Waals surface area contributed by atoms with E-state index >= 15 is 0 Å². The molecule has 2 rings (SSSR count). The van der Waals surface area contributed by atoms with Crippen molar-refractivity contribution >= 4 is 5.97 Å². The third-order valence-electron chi connectivity index (χ3n) is 3.81. The number of halogens is 3. The number of ether oxygens (including phenoxy) is 1. The molecule has 0 aromatic heterocycles. The molecule has 24 heavy (non-hydrogen) atoms. The average Bonchev–Trinajstić information content (AvgIpc) is 2.58. The lowest BCUT2D eigenvalue weighted by molar-refractivity contribution is -0.137. The van der Waals surface area contributed by atoms with Crippen LogP contribution in [0.1, 0.15) is 39.9 Å². The van der Waals surface area contributed by atoms with Crippen molar-refractivity contribution < 1.29 is 22.7 Å². The topological polar surface area (TPSA) is 26.3 Å². The molecule has 2 aromatic rings. The molecule has 0 aliphatic rings. The highest BCUT2D eigenvalue weighted by Gasteiger charge is 2.30. The number of carbonyl (C=O) groups is 1. The van der Waals surface area contributed by atoms with Gasteiger partial charge in [-0.25, -0.2) is 4.79 Å². The van der Waals surface area contributed by atoms with Crippen LogP contribution in [0.3, 0.4) is 0 Å². The van der Waals surface area contributed by atoms with Crippen molar-refractivity contribution in [1.29, 1.82) is 0 Å². The third-order valence-corrected chi connectivity index (χ3v) is 3.81. The van der Waals surface area contributed by atoms with E-state index in [0.29, 0.717) is 17.5 Å². The van der Waals surface area contributed by atoms with Crippen LogP contribution in [0.25, 0.3) is 0 Å². The second-order valence-corrected chi connectivity index (χ2v) is 5.59. The minimum atomic E-state index is -4.29. The number of rotatable bonds is 6. The molecule has 0 fully saturated rings. The van der Waals surface area contributed by atoms with Gasteiger partial charge in [0.05, 0.1) is 18.2 Å². The van der Waals surface area contributed by atoms with E-state index in [0.717, 1.165) is 30.9 Å². The largest absolute Gasteiger partial charge is 0.465 e. The molecule has 2 aromatic carbocycles. The predicted octanol–water partition coefficient (Wildman–Crippen LogP) is 5.06. The molecule has 0 bridgehead atoms. The van der Waals surface area contributed by atoms with E-state index in [1.54, 1.807) is 18.2 Å². The van der Waals surface area contributed by atoms with Crippen LogP contribution in [0, 0.1) is 0 Å². The third kappa shape index (κ3) is 5.11. The Hall–Kier alpha value is -2.30. The second-order valence-electron chi connectivity index (χ2n) is 5.59. The van der Waals surface area contributed by atoms with E-state index in [2.05, 4.69) is 4.74 Å². The van der Waals surface area contributed by atoms with Gasteiger partial charge in [0.2, 0.25) is 0 Å². The second kappa shape index (κ2) is 7.99. The Kier molecular flexibility index (Phi) is 6.01. The maximum atomic E-state index is 12.7. The Morgan fingerprint density at radius 2 is 1.58 bits per heavy atom. The molecule has 0 heterocycles. The highest BCUT2D eigenvalue weighted by Crippen LogP contribution is 2.29. The number of benzene rings is 2. The molecule has 5 heteroatoms. The molecule has 0 atom stereocenters. The zero-order chi connectivity index (χ0) is 17.6. The molecular weight excluding hydrogens is 317 g/mol. The quantitative estimate of drug-likeness (QED) is 0.544. The summed E-state index contributed by atoms with van der Waals surface area (Å²) in [5.41, 5.74) is 1.70. The van der Waals surface area contributed by atoms with E-state index in [1.807, 2.05) is 12.1 Å². The summed E-state index contributed by atoms with van der Waals surface area (Å²) < 4.78 is 42.6. The minimum absolute atomic E-state index is 0.369. The van der Waals surface area contributed by atoms with Gasteiger partial charge in [-0.1, -0.05) is 30.3 Å². The van der Waals surface area contributed by atoms with E-state index in [9.17, 15) is 18.0 Å². The summed E-state index contributed by atoms with van der Waals surface area (Å²) in [6.07, 6.45) is -1.18. The first kappa shape index (κ1) is 18.0. The number of esters is 1. The highest BCUT2D eigenvalue weighted by molar-refractivity contribution is 5.89. The number of methoxy groups -OCH3 is 1. The van der Waals surface area contributed by atoms with Crippen molar-refractivity contribution in [3.05, 3.63) is 70.8 Å². The lowest BCUT2D eigenvalue weighted by Gasteiger charge is -2.08. The van der Waals surface area contributed by atoms with E-state index in [-0.39, 0.29) is 5.97 Å². The maximum Gasteiger partial charge on any atom is 0.416 e. The zero-order valence-electron chi connectivity index (χ0n) is 13.4. The van der Waals surface area contributed by atoms with Gasteiger partial charge in [-0.05, 0) is 55.0 Å². The van der Waals surface area contributed by atoms with Gasteiger partial charge < -0.3 is 4.74 Å². The standard InChI is InChI=1S/C19H19F3O2/c1-24-18(23)16-11-9-14(10-12-16)5-2-3-6-15-7-4-8-17(13-15)19(20,21)22/h4,7-13H,2-3,5-6H2,1H3. The fourth-order valence-electron chi connectivity index (χ4n) is 2.49. The lowest BCUT2D eigenvalue weighted by atomic mass is 10.0. The molecular formula is C19H19F3O2. The fraction of sp³-hybridized carbons (Fsp3) is 0.316. The monoisotopic (exact) mass is 336 g/mol. The number of hydrogen-bond donors (Lipinski definition) is 0. The molecule has 0 N–H and O–H groups in total. The van der Waals surface area contributed by atoms with Crippen LogP contribution >= 0.6 is 0 Å². The van der Waals surface area contributed by atoms with Gasteiger partial charge in [-0.2, -0.15) is 13.2 Å². The van der Waals surface area contributed by atoms with E-state index < -0.39 is 11.7 Å². The minimum Gasteiger partial charge on any atom is -0.465 e. The van der Waals surface area contributed by atoms with E-state index in [1.165, 1.54) is 19.2 Å². The molecule has 128 valence electrons. The molecule has 0 unspecified atom stereocenters. The van der Waals surface area contributed by atoms with Gasteiger partial charge in [0.1, 0.15) is 0 Å². The van der Waals surface area contributed by atoms with Crippen molar-refractivity contribution in [2.24, 2.45) is 0 Å². The first-order valence-electron chi connectivity index (χ1n) is 7.73. The summed E-state index contributed by atoms with van der Waals surface area (Å²) in [6.45, 7) is 0. The van der Waals surface area contributed by atoms with Crippen molar-refractivity contribution in [2.45, 2.75) is 31.9 Å². The van der Waals surface area contributed by atoms with Crippen LogP contribution in [0.4, 0.5) is 13.2 Å². The molecule has 0 radical (unpaired) electrons. The fourth-order valence-corrected chi connectivity index (χ4v) is 2.49. The first-order valence-corrected chi connectivity index (χ1v) is 7.73. The lowest BCUT2D eigenvalue weighted by Crippen LogP contribution is -2.05. The number of carbonyl (C=O) groups excluding carboxylic acids is 1. The molecule has 0 saturated carbocycles. The maximum absolute atomic E-state index is 12.7. The Morgan fingerprint density at radius 1 is 0.958 bits per heavy atom. The van der Waals surface area contributed by atoms with Gasteiger partial charge in [0.25, 0.3) is 0 Å². The Balaban J connectivity index is 1.82. The van der Waals surface area contributed by atoms with Crippen LogP contribution in [0.5, 0.6) is 0 Å².